The molecule has 0 spiro atoms. The molecule has 0 atom stereocenters. The Balaban J connectivity index is 2.08. The SMILES string of the molecule is Cc1cnc2nc(-c3ccc(N(C)C)c(Br)c3)cn2c1. The second kappa shape index (κ2) is 4.90. The molecule has 0 unspecified atom stereocenters. The Bertz CT molecular complexity index is 777. The lowest BCUT2D eigenvalue weighted by Gasteiger charge is -2.14. The minimum absolute atomic E-state index is 0.721. The van der Waals surface area contributed by atoms with Gasteiger partial charge in [-0.15, -0.1) is 0 Å². The minimum atomic E-state index is 0.721. The van der Waals surface area contributed by atoms with Crippen molar-refractivity contribution in [3.05, 3.63) is 46.8 Å². The molecule has 4 nitrogen and oxygen atoms in total. The van der Waals surface area contributed by atoms with E-state index in [9.17, 15) is 0 Å². The van der Waals surface area contributed by atoms with Crippen molar-refractivity contribution in [3.8, 4) is 11.3 Å². The maximum Gasteiger partial charge on any atom is 0.234 e. The number of benzene rings is 1. The molecule has 2 heterocycles. The topological polar surface area (TPSA) is 33.4 Å². The van der Waals surface area contributed by atoms with Crippen LogP contribution >= 0.6 is 15.9 Å². The molecule has 2 aromatic heterocycles. The lowest BCUT2D eigenvalue weighted by atomic mass is 10.1. The summed E-state index contributed by atoms with van der Waals surface area (Å²) in [6.07, 6.45) is 5.87. The highest BCUT2D eigenvalue weighted by Crippen LogP contribution is 2.30. The van der Waals surface area contributed by atoms with Gasteiger partial charge in [0.25, 0.3) is 0 Å². The van der Waals surface area contributed by atoms with Gasteiger partial charge in [0.15, 0.2) is 0 Å². The number of nitrogens with zero attached hydrogens (tertiary/aromatic N) is 4. The van der Waals surface area contributed by atoms with Gasteiger partial charge >= 0.3 is 0 Å². The highest BCUT2D eigenvalue weighted by molar-refractivity contribution is 9.10. The van der Waals surface area contributed by atoms with Crippen LogP contribution in [0.1, 0.15) is 5.56 Å². The van der Waals surface area contributed by atoms with Crippen LogP contribution in [0, 0.1) is 6.92 Å². The number of aryl methyl sites for hydroxylation is 1. The van der Waals surface area contributed by atoms with Crippen LogP contribution < -0.4 is 4.90 Å². The van der Waals surface area contributed by atoms with Crippen molar-refractivity contribution >= 4 is 27.4 Å². The zero-order valence-electron chi connectivity index (χ0n) is 11.6. The van der Waals surface area contributed by atoms with Gasteiger partial charge in [0.2, 0.25) is 5.78 Å². The number of aromatic nitrogens is 3. The molecular weight excluding hydrogens is 316 g/mol. The first kappa shape index (κ1) is 13.1. The number of anilines is 1. The van der Waals surface area contributed by atoms with Crippen molar-refractivity contribution in [1.82, 2.24) is 14.4 Å². The summed E-state index contributed by atoms with van der Waals surface area (Å²) in [6, 6.07) is 6.25. The Labute approximate surface area is 126 Å². The standard InChI is InChI=1S/C15H15BrN4/c1-10-7-17-15-18-13(9-20(15)8-10)11-4-5-14(19(2)3)12(16)6-11/h4-9H,1-3H3. The molecule has 0 amide bonds. The molecule has 3 aromatic rings. The molecule has 0 aliphatic heterocycles. The van der Waals surface area contributed by atoms with E-state index in [1.165, 1.54) is 0 Å². The number of fused-ring (bicyclic) bond motifs is 1. The molecule has 0 saturated heterocycles. The van der Waals surface area contributed by atoms with Gasteiger partial charge in [0.05, 0.1) is 11.4 Å². The Hall–Kier alpha value is -1.88. The lowest BCUT2D eigenvalue weighted by Crippen LogP contribution is -2.09. The van der Waals surface area contributed by atoms with E-state index in [4.69, 9.17) is 0 Å². The first-order chi connectivity index (χ1) is 9.54. The molecule has 0 aliphatic carbocycles. The van der Waals surface area contributed by atoms with Gasteiger partial charge < -0.3 is 4.90 Å². The number of imidazole rings is 1. The fraction of sp³-hybridized carbons (Fsp3) is 0.200. The molecule has 0 radical (unpaired) electrons. The summed E-state index contributed by atoms with van der Waals surface area (Å²) in [6.45, 7) is 2.02. The third-order valence-corrected chi connectivity index (χ3v) is 3.80. The van der Waals surface area contributed by atoms with E-state index in [1.807, 2.05) is 44.0 Å². The van der Waals surface area contributed by atoms with Gasteiger partial charge in [-0.1, -0.05) is 6.07 Å². The summed E-state index contributed by atoms with van der Waals surface area (Å²) in [7, 11) is 4.05. The molecule has 0 N–H and O–H groups in total. The summed E-state index contributed by atoms with van der Waals surface area (Å²) in [5, 5.41) is 0. The van der Waals surface area contributed by atoms with E-state index in [2.05, 4.69) is 49.0 Å². The predicted molar refractivity (Wildman–Crippen MR) is 85.2 cm³/mol. The summed E-state index contributed by atoms with van der Waals surface area (Å²) in [5.41, 5.74) is 4.26. The van der Waals surface area contributed by atoms with Crippen LogP contribution in [0.5, 0.6) is 0 Å². The van der Waals surface area contributed by atoms with Gasteiger partial charge in [-0.2, -0.15) is 0 Å². The van der Waals surface area contributed by atoms with Crippen LogP contribution in [0.2, 0.25) is 0 Å². The Morgan fingerprint density at radius 2 is 2.00 bits per heavy atom. The lowest BCUT2D eigenvalue weighted by molar-refractivity contribution is 1.08. The van der Waals surface area contributed by atoms with E-state index < -0.39 is 0 Å². The maximum atomic E-state index is 4.56. The third kappa shape index (κ3) is 2.29. The van der Waals surface area contributed by atoms with E-state index in [1.54, 1.807) is 0 Å². The number of hydrogen-bond donors (Lipinski definition) is 0. The quantitative estimate of drug-likeness (QED) is 0.720. The molecule has 0 fully saturated rings. The van der Waals surface area contributed by atoms with Gasteiger partial charge in [-0.25, -0.2) is 9.97 Å². The van der Waals surface area contributed by atoms with Crippen LogP contribution in [0.15, 0.2) is 41.3 Å². The fourth-order valence-electron chi connectivity index (χ4n) is 2.15. The Morgan fingerprint density at radius 1 is 1.20 bits per heavy atom. The fourth-order valence-corrected chi connectivity index (χ4v) is 2.89. The van der Waals surface area contributed by atoms with E-state index in [0.29, 0.717) is 0 Å². The van der Waals surface area contributed by atoms with Crippen molar-refractivity contribution in [2.75, 3.05) is 19.0 Å². The normalized spacial score (nSPS) is 11.0. The van der Waals surface area contributed by atoms with E-state index in [0.717, 1.165) is 32.8 Å². The molecule has 1 aromatic carbocycles. The van der Waals surface area contributed by atoms with Crippen molar-refractivity contribution in [1.29, 1.82) is 0 Å². The Kier molecular flexibility index (Phi) is 3.22. The molecule has 3 rings (SSSR count). The smallest absolute Gasteiger partial charge is 0.234 e. The van der Waals surface area contributed by atoms with E-state index >= 15 is 0 Å². The van der Waals surface area contributed by atoms with Gasteiger partial charge in [-0.05, 0) is 40.5 Å². The molecule has 0 bridgehead atoms. The van der Waals surface area contributed by atoms with Crippen molar-refractivity contribution in [2.45, 2.75) is 6.92 Å². The van der Waals surface area contributed by atoms with Crippen molar-refractivity contribution in [2.24, 2.45) is 0 Å². The highest BCUT2D eigenvalue weighted by Gasteiger charge is 2.08. The van der Waals surface area contributed by atoms with Crippen LogP contribution in [-0.4, -0.2) is 28.5 Å². The molecular formula is C15H15BrN4. The largest absolute Gasteiger partial charge is 0.377 e. The zero-order valence-corrected chi connectivity index (χ0v) is 13.2. The summed E-state index contributed by atoms with van der Waals surface area (Å²) in [5.74, 6) is 0.721. The number of halogens is 1. The average Bonchev–Trinajstić information content (AvgIpc) is 2.81. The minimum Gasteiger partial charge on any atom is -0.377 e. The molecule has 20 heavy (non-hydrogen) atoms. The van der Waals surface area contributed by atoms with Gasteiger partial charge in [0.1, 0.15) is 0 Å². The zero-order chi connectivity index (χ0) is 14.3. The molecule has 102 valence electrons. The molecule has 0 saturated carbocycles. The predicted octanol–water partition coefficient (Wildman–Crippen LogP) is 3.53. The van der Waals surface area contributed by atoms with Gasteiger partial charge in [0, 0.05) is 42.7 Å². The summed E-state index contributed by atoms with van der Waals surface area (Å²) < 4.78 is 3.01. The number of rotatable bonds is 2. The van der Waals surface area contributed by atoms with Crippen molar-refractivity contribution < 1.29 is 0 Å². The monoisotopic (exact) mass is 330 g/mol. The second-order valence-corrected chi connectivity index (χ2v) is 5.88. The van der Waals surface area contributed by atoms with Crippen LogP contribution in [0.3, 0.4) is 0 Å². The molecule has 5 heteroatoms. The second-order valence-electron chi connectivity index (χ2n) is 5.03. The summed E-state index contributed by atoms with van der Waals surface area (Å²) >= 11 is 3.61. The third-order valence-electron chi connectivity index (χ3n) is 3.16. The average molecular weight is 331 g/mol. The number of hydrogen-bond acceptors (Lipinski definition) is 3. The van der Waals surface area contributed by atoms with E-state index in [-0.39, 0.29) is 0 Å². The first-order valence-corrected chi connectivity index (χ1v) is 7.12. The summed E-state index contributed by atoms with van der Waals surface area (Å²) in [4.78, 5) is 11.0. The first-order valence-electron chi connectivity index (χ1n) is 6.33. The van der Waals surface area contributed by atoms with Crippen LogP contribution in [0.25, 0.3) is 17.0 Å². The maximum absolute atomic E-state index is 4.56. The molecule has 0 aliphatic rings. The van der Waals surface area contributed by atoms with Gasteiger partial charge in [-0.3, -0.25) is 4.40 Å². The van der Waals surface area contributed by atoms with Crippen molar-refractivity contribution in [3.63, 3.8) is 0 Å². The Morgan fingerprint density at radius 3 is 2.70 bits per heavy atom. The van der Waals surface area contributed by atoms with Crippen LogP contribution in [0.4, 0.5) is 5.69 Å². The highest BCUT2D eigenvalue weighted by atomic mass is 79.9. The van der Waals surface area contributed by atoms with Crippen LogP contribution in [-0.2, 0) is 0 Å².